The second kappa shape index (κ2) is 5.70. The largest absolute Gasteiger partial charge is 0.466 e. The third kappa shape index (κ3) is 2.69. The van der Waals surface area contributed by atoms with Gasteiger partial charge in [0.15, 0.2) is 0 Å². The van der Waals surface area contributed by atoms with Crippen molar-refractivity contribution in [3.63, 3.8) is 0 Å². The van der Waals surface area contributed by atoms with Gasteiger partial charge in [0, 0.05) is 6.04 Å². The molecule has 0 unspecified atom stereocenters. The number of nitrogens with two attached hydrogens (primary N) is 1. The van der Waals surface area contributed by atoms with Gasteiger partial charge < -0.3 is 10.5 Å². The van der Waals surface area contributed by atoms with E-state index >= 15 is 0 Å². The molecule has 0 fully saturated rings. The summed E-state index contributed by atoms with van der Waals surface area (Å²) in [6.07, 6.45) is 1.16. The third-order valence-corrected chi connectivity index (χ3v) is 3.94. The molecule has 3 rings (SSSR count). The van der Waals surface area contributed by atoms with Crippen molar-refractivity contribution in [2.24, 2.45) is 5.73 Å². The molecule has 0 aliphatic heterocycles. The van der Waals surface area contributed by atoms with E-state index in [1.54, 1.807) is 6.92 Å². The fraction of sp³-hybridized carbons (Fsp3) is 0.278. The Bertz CT molecular complexity index is 679. The molecular formula is C18H19NO2. The second-order valence-electron chi connectivity index (χ2n) is 5.37. The fourth-order valence-corrected chi connectivity index (χ4v) is 2.91. The predicted octanol–water partition coefficient (Wildman–Crippen LogP) is 3.21. The Kier molecular flexibility index (Phi) is 3.76. The number of esters is 1. The van der Waals surface area contributed by atoms with Crippen LogP contribution in [-0.4, -0.2) is 12.6 Å². The van der Waals surface area contributed by atoms with Gasteiger partial charge in [-0.2, -0.15) is 0 Å². The summed E-state index contributed by atoms with van der Waals surface area (Å²) in [6, 6.07) is 14.4. The van der Waals surface area contributed by atoms with E-state index in [4.69, 9.17) is 10.5 Å². The van der Waals surface area contributed by atoms with E-state index in [9.17, 15) is 4.79 Å². The lowest BCUT2D eigenvalue weighted by Crippen LogP contribution is -2.17. The summed E-state index contributed by atoms with van der Waals surface area (Å²) in [6.45, 7) is 2.20. The zero-order chi connectivity index (χ0) is 14.8. The van der Waals surface area contributed by atoms with Gasteiger partial charge in [-0.05, 0) is 41.2 Å². The molecule has 1 atom stereocenters. The Labute approximate surface area is 124 Å². The Morgan fingerprint density at radius 3 is 2.76 bits per heavy atom. The van der Waals surface area contributed by atoms with Gasteiger partial charge in [0.05, 0.1) is 13.0 Å². The molecule has 0 spiro atoms. The summed E-state index contributed by atoms with van der Waals surface area (Å²) in [5.74, 6) is -0.242. The fourth-order valence-electron chi connectivity index (χ4n) is 2.91. The highest BCUT2D eigenvalue weighted by atomic mass is 16.5. The van der Waals surface area contributed by atoms with Crippen molar-refractivity contribution in [1.29, 1.82) is 0 Å². The van der Waals surface area contributed by atoms with Gasteiger partial charge in [0.1, 0.15) is 0 Å². The van der Waals surface area contributed by atoms with Gasteiger partial charge in [-0.3, -0.25) is 4.79 Å². The smallest absolute Gasteiger partial charge is 0.307 e. The molecule has 108 valence electrons. The van der Waals surface area contributed by atoms with E-state index in [2.05, 4.69) is 36.4 Å². The SMILES string of the molecule is CCOC(=O)C[C@H](N)c1ccc2c(c1)Cc1ccccc1-2. The minimum absolute atomic E-state index is 0.222. The lowest BCUT2D eigenvalue weighted by atomic mass is 9.98. The summed E-state index contributed by atoms with van der Waals surface area (Å²) in [4.78, 5) is 11.5. The summed E-state index contributed by atoms with van der Waals surface area (Å²) in [5.41, 5.74) is 12.3. The Balaban J connectivity index is 1.82. The maximum Gasteiger partial charge on any atom is 0.307 e. The lowest BCUT2D eigenvalue weighted by molar-refractivity contribution is -0.143. The molecule has 0 amide bonds. The van der Waals surface area contributed by atoms with Crippen LogP contribution in [0.4, 0.5) is 0 Å². The molecular weight excluding hydrogens is 262 g/mol. The highest BCUT2D eigenvalue weighted by Gasteiger charge is 2.20. The second-order valence-corrected chi connectivity index (χ2v) is 5.37. The van der Waals surface area contributed by atoms with Crippen LogP contribution in [0.5, 0.6) is 0 Å². The average molecular weight is 281 g/mol. The van der Waals surface area contributed by atoms with Crippen molar-refractivity contribution in [2.45, 2.75) is 25.8 Å². The highest BCUT2D eigenvalue weighted by molar-refractivity contribution is 5.77. The maximum absolute atomic E-state index is 11.5. The van der Waals surface area contributed by atoms with Crippen LogP contribution in [0.15, 0.2) is 42.5 Å². The molecule has 0 heterocycles. The Hall–Kier alpha value is -2.13. The van der Waals surface area contributed by atoms with Crippen LogP contribution in [-0.2, 0) is 16.0 Å². The average Bonchev–Trinajstić information content (AvgIpc) is 2.85. The minimum Gasteiger partial charge on any atom is -0.466 e. The molecule has 1 aliphatic carbocycles. The number of ether oxygens (including phenoxy) is 1. The number of hydrogen-bond donors (Lipinski definition) is 1. The first kappa shape index (κ1) is 13.8. The van der Waals surface area contributed by atoms with E-state index in [0.29, 0.717) is 6.61 Å². The first-order chi connectivity index (χ1) is 10.2. The maximum atomic E-state index is 11.5. The molecule has 21 heavy (non-hydrogen) atoms. The zero-order valence-corrected chi connectivity index (χ0v) is 12.1. The van der Waals surface area contributed by atoms with E-state index < -0.39 is 0 Å². The molecule has 2 aromatic carbocycles. The van der Waals surface area contributed by atoms with Crippen LogP contribution in [0.2, 0.25) is 0 Å². The number of hydrogen-bond acceptors (Lipinski definition) is 3. The number of benzene rings is 2. The van der Waals surface area contributed by atoms with Crippen LogP contribution >= 0.6 is 0 Å². The number of carbonyl (C=O) groups is 1. The molecule has 1 aliphatic rings. The quantitative estimate of drug-likeness (QED) is 0.747. The molecule has 0 bridgehead atoms. The zero-order valence-electron chi connectivity index (χ0n) is 12.1. The van der Waals surface area contributed by atoms with Crippen LogP contribution in [0.3, 0.4) is 0 Å². The van der Waals surface area contributed by atoms with Crippen LogP contribution in [0.1, 0.15) is 36.1 Å². The van der Waals surface area contributed by atoms with Crippen molar-refractivity contribution in [1.82, 2.24) is 0 Å². The lowest BCUT2D eigenvalue weighted by Gasteiger charge is -2.13. The summed E-state index contributed by atoms with van der Waals surface area (Å²) < 4.78 is 4.96. The van der Waals surface area contributed by atoms with Gasteiger partial charge in [-0.1, -0.05) is 42.5 Å². The van der Waals surface area contributed by atoms with E-state index in [-0.39, 0.29) is 18.4 Å². The standard InChI is InChI=1S/C18H19NO2/c1-2-21-18(20)11-17(19)13-7-8-16-14(10-13)9-12-5-3-4-6-15(12)16/h3-8,10,17H,2,9,11,19H2,1H3/t17-/m0/s1. The van der Waals surface area contributed by atoms with Gasteiger partial charge in [-0.15, -0.1) is 0 Å². The predicted molar refractivity (Wildman–Crippen MR) is 82.9 cm³/mol. The first-order valence-corrected chi connectivity index (χ1v) is 7.31. The molecule has 0 saturated carbocycles. The minimum atomic E-state index is -0.307. The number of carbonyl (C=O) groups excluding carboxylic acids is 1. The Morgan fingerprint density at radius 2 is 1.95 bits per heavy atom. The summed E-state index contributed by atoms with van der Waals surface area (Å²) >= 11 is 0. The first-order valence-electron chi connectivity index (χ1n) is 7.31. The molecule has 0 radical (unpaired) electrons. The summed E-state index contributed by atoms with van der Waals surface area (Å²) in [5, 5.41) is 0. The number of rotatable bonds is 4. The number of fused-ring (bicyclic) bond motifs is 3. The normalized spacial score (nSPS) is 13.4. The van der Waals surface area contributed by atoms with Crippen LogP contribution in [0.25, 0.3) is 11.1 Å². The van der Waals surface area contributed by atoms with Gasteiger partial charge in [0.2, 0.25) is 0 Å². The topological polar surface area (TPSA) is 52.3 Å². The molecule has 3 heteroatoms. The molecule has 2 aromatic rings. The van der Waals surface area contributed by atoms with Crippen LogP contribution < -0.4 is 5.73 Å². The van der Waals surface area contributed by atoms with Gasteiger partial charge in [0.25, 0.3) is 0 Å². The Morgan fingerprint density at radius 1 is 1.19 bits per heavy atom. The van der Waals surface area contributed by atoms with Crippen molar-refractivity contribution < 1.29 is 9.53 Å². The van der Waals surface area contributed by atoms with E-state index in [1.165, 1.54) is 22.3 Å². The van der Waals surface area contributed by atoms with Gasteiger partial charge in [-0.25, -0.2) is 0 Å². The molecule has 0 aromatic heterocycles. The molecule has 0 saturated heterocycles. The van der Waals surface area contributed by atoms with Gasteiger partial charge >= 0.3 is 5.97 Å². The molecule has 3 nitrogen and oxygen atoms in total. The summed E-state index contributed by atoms with van der Waals surface area (Å²) in [7, 11) is 0. The monoisotopic (exact) mass is 281 g/mol. The van der Waals surface area contributed by atoms with Crippen LogP contribution in [0, 0.1) is 0 Å². The van der Waals surface area contributed by atoms with E-state index in [1.807, 2.05) is 6.07 Å². The van der Waals surface area contributed by atoms with Crippen molar-refractivity contribution in [3.05, 3.63) is 59.2 Å². The van der Waals surface area contributed by atoms with E-state index in [0.717, 1.165) is 12.0 Å². The van der Waals surface area contributed by atoms with Crippen molar-refractivity contribution >= 4 is 5.97 Å². The van der Waals surface area contributed by atoms with Crippen molar-refractivity contribution in [3.8, 4) is 11.1 Å². The van der Waals surface area contributed by atoms with Crippen molar-refractivity contribution in [2.75, 3.05) is 6.61 Å². The third-order valence-electron chi connectivity index (χ3n) is 3.94. The molecule has 2 N–H and O–H groups in total. The highest BCUT2D eigenvalue weighted by Crippen LogP contribution is 2.37.